The van der Waals surface area contributed by atoms with Gasteiger partial charge in [0.1, 0.15) is 5.82 Å². The largest absolute Gasteiger partial charge is 0.490 e. The van der Waals surface area contributed by atoms with Crippen molar-refractivity contribution in [3.8, 4) is 0 Å². The highest BCUT2D eigenvalue weighted by molar-refractivity contribution is 9.10. The van der Waals surface area contributed by atoms with E-state index in [4.69, 9.17) is 10.0 Å². The van der Waals surface area contributed by atoms with Crippen LogP contribution in [0.25, 0.3) is 0 Å². The van der Waals surface area contributed by atoms with Crippen LogP contribution in [-0.2, 0) is 0 Å². The Morgan fingerprint density at radius 3 is 2.88 bits per heavy atom. The Labute approximate surface area is 110 Å². The van der Waals surface area contributed by atoms with Crippen molar-refractivity contribution in [1.29, 1.82) is 0 Å². The van der Waals surface area contributed by atoms with E-state index >= 15 is 0 Å². The third kappa shape index (κ3) is 3.00. The Balaban J connectivity index is 2.21. The van der Waals surface area contributed by atoms with Crippen molar-refractivity contribution < 1.29 is 10.0 Å². The maximum atomic E-state index is 9.07. The first-order valence-corrected chi connectivity index (χ1v) is 6.63. The van der Waals surface area contributed by atoms with E-state index in [1.54, 1.807) is 6.07 Å². The summed E-state index contributed by atoms with van der Waals surface area (Å²) in [5.74, 6) is 1.57. The second kappa shape index (κ2) is 5.37. The van der Waals surface area contributed by atoms with Gasteiger partial charge in [0, 0.05) is 24.7 Å². The van der Waals surface area contributed by atoms with Gasteiger partial charge in [-0.2, -0.15) is 0 Å². The molecule has 0 radical (unpaired) electrons. The average molecular weight is 299 g/mol. The van der Waals surface area contributed by atoms with E-state index in [1.165, 1.54) is 19.0 Å². The normalized spacial score (nSPS) is 20.5. The molecule has 1 fully saturated rings. The predicted octanol–water partition coefficient (Wildman–Crippen LogP) is 0.760. The maximum Gasteiger partial charge on any atom is 0.490 e. The first kappa shape index (κ1) is 12.9. The van der Waals surface area contributed by atoms with Gasteiger partial charge in [-0.15, -0.1) is 0 Å². The van der Waals surface area contributed by atoms with Gasteiger partial charge in [0.05, 0.1) is 4.47 Å². The van der Waals surface area contributed by atoms with Crippen LogP contribution in [0, 0.1) is 5.92 Å². The number of anilines is 1. The zero-order valence-electron chi connectivity index (χ0n) is 9.80. The molecule has 0 bridgehead atoms. The van der Waals surface area contributed by atoms with Crippen molar-refractivity contribution in [1.82, 2.24) is 4.98 Å². The van der Waals surface area contributed by atoms with Gasteiger partial charge in [-0.1, -0.05) is 6.92 Å². The molecule has 1 saturated heterocycles. The number of aromatic nitrogens is 1. The van der Waals surface area contributed by atoms with Crippen LogP contribution in [0.15, 0.2) is 16.7 Å². The summed E-state index contributed by atoms with van der Waals surface area (Å²) >= 11 is 3.44. The molecule has 2 N–H and O–H groups in total. The van der Waals surface area contributed by atoms with Crippen molar-refractivity contribution >= 4 is 34.3 Å². The second-order valence-corrected chi connectivity index (χ2v) is 5.50. The van der Waals surface area contributed by atoms with Gasteiger partial charge in [-0.25, -0.2) is 4.98 Å². The third-order valence-corrected chi connectivity index (χ3v) is 3.68. The molecule has 2 rings (SSSR count). The van der Waals surface area contributed by atoms with Gasteiger partial charge >= 0.3 is 7.12 Å². The number of piperidine rings is 1. The highest BCUT2D eigenvalue weighted by Crippen LogP contribution is 2.27. The molecule has 0 saturated carbocycles. The summed E-state index contributed by atoms with van der Waals surface area (Å²) in [6.07, 6.45) is 3.96. The fourth-order valence-corrected chi connectivity index (χ4v) is 2.82. The summed E-state index contributed by atoms with van der Waals surface area (Å²) in [5, 5.41) is 18.1. The van der Waals surface area contributed by atoms with Crippen LogP contribution in [0.5, 0.6) is 0 Å². The molecular weight excluding hydrogens is 283 g/mol. The quantitative estimate of drug-likeness (QED) is 0.792. The molecular formula is C11H16BBrN2O2. The Morgan fingerprint density at radius 1 is 1.53 bits per heavy atom. The summed E-state index contributed by atoms with van der Waals surface area (Å²) in [5.41, 5.74) is 0.408. The number of rotatable bonds is 2. The van der Waals surface area contributed by atoms with Crippen LogP contribution in [0.4, 0.5) is 5.82 Å². The molecule has 0 aliphatic carbocycles. The highest BCUT2D eigenvalue weighted by Gasteiger charge is 2.21. The lowest BCUT2D eigenvalue weighted by atomic mass is 9.82. The minimum Gasteiger partial charge on any atom is -0.423 e. The molecule has 1 aromatic heterocycles. The van der Waals surface area contributed by atoms with Crippen molar-refractivity contribution in [2.45, 2.75) is 19.8 Å². The summed E-state index contributed by atoms with van der Waals surface area (Å²) in [6.45, 7) is 4.26. The third-order valence-electron chi connectivity index (χ3n) is 3.10. The maximum absolute atomic E-state index is 9.07. The number of hydrogen-bond acceptors (Lipinski definition) is 4. The molecule has 0 spiro atoms. The smallest absolute Gasteiger partial charge is 0.423 e. The van der Waals surface area contributed by atoms with Gasteiger partial charge in [0.25, 0.3) is 0 Å². The van der Waals surface area contributed by atoms with Gasteiger partial charge in [-0.05, 0) is 40.8 Å². The van der Waals surface area contributed by atoms with Crippen LogP contribution in [0.3, 0.4) is 0 Å². The van der Waals surface area contributed by atoms with E-state index in [9.17, 15) is 0 Å². The van der Waals surface area contributed by atoms with Crippen molar-refractivity contribution in [3.63, 3.8) is 0 Å². The summed E-state index contributed by atoms with van der Waals surface area (Å²) in [7, 11) is -1.46. The van der Waals surface area contributed by atoms with Crippen molar-refractivity contribution in [2.75, 3.05) is 18.0 Å². The molecule has 1 aliphatic heterocycles. The van der Waals surface area contributed by atoms with Gasteiger partial charge < -0.3 is 14.9 Å². The van der Waals surface area contributed by atoms with Gasteiger partial charge in [0.15, 0.2) is 0 Å². The fourth-order valence-electron chi connectivity index (χ4n) is 2.20. The van der Waals surface area contributed by atoms with Gasteiger partial charge in [-0.3, -0.25) is 0 Å². The van der Waals surface area contributed by atoms with Crippen molar-refractivity contribution in [3.05, 3.63) is 16.7 Å². The molecule has 92 valence electrons. The van der Waals surface area contributed by atoms with Crippen LogP contribution < -0.4 is 10.4 Å². The first-order chi connectivity index (χ1) is 8.08. The monoisotopic (exact) mass is 298 g/mol. The standard InChI is InChI=1S/C11H16BBrN2O2/c1-8-3-2-4-15(7-8)11-10(13)5-9(6-14-11)12(16)17/h5-6,8,16-17H,2-4,7H2,1H3. The number of hydrogen-bond donors (Lipinski definition) is 2. The van der Waals surface area contributed by atoms with Crippen LogP contribution >= 0.6 is 15.9 Å². The Kier molecular flexibility index (Phi) is 4.07. The molecule has 4 nitrogen and oxygen atoms in total. The first-order valence-electron chi connectivity index (χ1n) is 5.84. The van der Waals surface area contributed by atoms with E-state index in [0.717, 1.165) is 23.4 Å². The minimum atomic E-state index is -1.46. The molecule has 17 heavy (non-hydrogen) atoms. The lowest BCUT2D eigenvalue weighted by molar-refractivity contribution is 0.425. The summed E-state index contributed by atoms with van der Waals surface area (Å²) in [4.78, 5) is 6.56. The van der Waals surface area contributed by atoms with E-state index in [2.05, 4.69) is 32.7 Å². The van der Waals surface area contributed by atoms with Crippen LogP contribution in [0.2, 0.25) is 0 Å². The van der Waals surface area contributed by atoms with E-state index in [0.29, 0.717) is 11.4 Å². The number of nitrogens with zero attached hydrogens (tertiary/aromatic N) is 2. The van der Waals surface area contributed by atoms with Crippen LogP contribution in [-0.4, -0.2) is 35.2 Å². The molecule has 1 aromatic rings. The molecule has 1 atom stereocenters. The molecule has 2 heterocycles. The topological polar surface area (TPSA) is 56.6 Å². The van der Waals surface area contributed by atoms with Gasteiger partial charge in [0.2, 0.25) is 0 Å². The molecule has 0 amide bonds. The van der Waals surface area contributed by atoms with E-state index in [-0.39, 0.29) is 0 Å². The second-order valence-electron chi connectivity index (χ2n) is 4.64. The lowest BCUT2D eigenvalue weighted by Crippen LogP contribution is -2.36. The molecule has 1 aliphatic rings. The average Bonchev–Trinajstić information content (AvgIpc) is 2.28. The SMILES string of the molecule is CC1CCCN(c2ncc(B(O)O)cc2Br)C1. The van der Waals surface area contributed by atoms with Crippen LogP contribution in [0.1, 0.15) is 19.8 Å². The lowest BCUT2D eigenvalue weighted by Gasteiger charge is -2.32. The Bertz CT molecular complexity index is 403. The Hall–Kier alpha value is -0.585. The molecule has 0 aromatic carbocycles. The minimum absolute atomic E-state index is 0.408. The fraction of sp³-hybridized carbons (Fsp3) is 0.545. The number of pyridine rings is 1. The Morgan fingerprint density at radius 2 is 2.29 bits per heavy atom. The zero-order chi connectivity index (χ0) is 12.4. The van der Waals surface area contributed by atoms with E-state index < -0.39 is 7.12 Å². The molecule has 6 heteroatoms. The highest BCUT2D eigenvalue weighted by atomic mass is 79.9. The van der Waals surface area contributed by atoms with E-state index in [1.807, 2.05) is 0 Å². The zero-order valence-corrected chi connectivity index (χ0v) is 11.4. The predicted molar refractivity (Wildman–Crippen MR) is 72.4 cm³/mol. The number of halogens is 1. The summed E-state index contributed by atoms with van der Waals surface area (Å²) < 4.78 is 0.817. The van der Waals surface area contributed by atoms with Crippen molar-refractivity contribution in [2.24, 2.45) is 5.92 Å². The molecule has 1 unspecified atom stereocenters. The summed E-state index contributed by atoms with van der Waals surface area (Å²) in [6, 6.07) is 1.71.